The Balaban J connectivity index is 2.22. The molecule has 1 aromatic rings. The number of rotatable bonds is 2. The predicted octanol–water partition coefficient (Wildman–Crippen LogP) is 1.24. The summed E-state index contributed by atoms with van der Waals surface area (Å²) in [5.74, 6) is -0.491. The third-order valence-electron chi connectivity index (χ3n) is 2.95. The first-order valence-corrected chi connectivity index (χ1v) is 6.03. The van der Waals surface area contributed by atoms with Gasteiger partial charge in [0.1, 0.15) is 0 Å². The minimum atomic E-state index is -0.491. The Kier molecular flexibility index (Phi) is 3.54. The van der Waals surface area contributed by atoms with Crippen LogP contribution in [0.3, 0.4) is 0 Å². The topological polar surface area (TPSA) is 58.4 Å². The van der Waals surface area contributed by atoms with Gasteiger partial charge in [-0.2, -0.15) is 0 Å². The zero-order valence-electron chi connectivity index (χ0n) is 9.74. The first-order valence-electron chi connectivity index (χ1n) is 5.65. The van der Waals surface area contributed by atoms with Crippen LogP contribution in [0.2, 0.25) is 5.02 Å². The molecule has 1 aliphatic heterocycles. The lowest BCUT2D eigenvalue weighted by atomic mass is 10.1. The Morgan fingerprint density at radius 1 is 1.59 bits per heavy atom. The van der Waals surface area contributed by atoms with E-state index in [4.69, 9.17) is 17.3 Å². The van der Waals surface area contributed by atoms with Crippen molar-refractivity contribution in [1.29, 1.82) is 0 Å². The molecule has 1 heterocycles. The van der Waals surface area contributed by atoms with E-state index >= 15 is 0 Å². The van der Waals surface area contributed by atoms with E-state index in [2.05, 4.69) is 17.1 Å². The molecule has 1 unspecified atom stereocenters. The van der Waals surface area contributed by atoms with Gasteiger partial charge in [0.25, 0.3) is 0 Å². The van der Waals surface area contributed by atoms with E-state index in [0.29, 0.717) is 16.6 Å². The fourth-order valence-corrected chi connectivity index (χ4v) is 2.34. The summed E-state index contributed by atoms with van der Waals surface area (Å²) in [6.07, 6.45) is 0. The highest BCUT2D eigenvalue weighted by Crippen LogP contribution is 2.24. The Hall–Kier alpha value is -1.26. The van der Waals surface area contributed by atoms with Gasteiger partial charge in [0.15, 0.2) is 0 Å². The van der Waals surface area contributed by atoms with Crippen LogP contribution < -0.4 is 16.0 Å². The molecular weight excluding hydrogens is 238 g/mol. The molecule has 1 fully saturated rings. The molecule has 0 aliphatic carbocycles. The van der Waals surface area contributed by atoms with Gasteiger partial charge in [-0.3, -0.25) is 4.79 Å². The Morgan fingerprint density at radius 2 is 2.35 bits per heavy atom. The number of nitrogens with zero attached hydrogens (tertiary/aromatic N) is 1. The van der Waals surface area contributed by atoms with Gasteiger partial charge in [-0.15, -0.1) is 0 Å². The van der Waals surface area contributed by atoms with Gasteiger partial charge in [0.05, 0.1) is 10.6 Å². The Morgan fingerprint density at radius 3 is 2.94 bits per heavy atom. The SMILES string of the molecule is CC1CN(c2ccc(C(N)=O)c(Cl)c2)CCN1. The standard InChI is InChI=1S/C12H16ClN3O/c1-8-7-16(5-4-15-8)9-2-3-10(12(14)17)11(13)6-9/h2-3,6,8,15H,4-5,7H2,1H3,(H2,14,17). The zero-order chi connectivity index (χ0) is 12.4. The summed E-state index contributed by atoms with van der Waals surface area (Å²) < 4.78 is 0. The smallest absolute Gasteiger partial charge is 0.250 e. The van der Waals surface area contributed by atoms with Crippen molar-refractivity contribution in [2.75, 3.05) is 24.5 Å². The largest absolute Gasteiger partial charge is 0.369 e. The molecule has 1 aromatic carbocycles. The fourth-order valence-electron chi connectivity index (χ4n) is 2.07. The molecule has 17 heavy (non-hydrogen) atoms. The second kappa shape index (κ2) is 4.94. The molecule has 0 saturated carbocycles. The fraction of sp³-hybridized carbons (Fsp3) is 0.417. The average Bonchev–Trinajstić information content (AvgIpc) is 2.28. The number of primary amides is 1. The summed E-state index contributed by atoms with van der Waals surface area (Å²) in [5.41, 5.74) is 6.63. The molecular formula is C12H16ClN3O. The van der Waals surface area contributed by atoms with Crippen LogP contribution in [-0.4, -0.2) is 31.6 Å². The molecule has 0 aromatic heterocycles. The van der Waals surface area contributed by atoms with Crippen LogP contribution in [0.1, 0.15) is 17.3 Å². The molecule has 5 heteroatoms. The first kappa shape index (κ1) is 12.2. The number of carbonyl (C=O) groups excluding carboxylic acids is 1. The minimum Gasteiger partial charge on any atom is -0.369 e. The molecule has 4 nitrogen and oxygen atoms in total. The summed E-state index contributed by atoms with van der Waals surface area (Å²) in [6.45, 7) is 4.98. The first-order chi connectivity index (χ1) is 8.08. The molecule has 3 N–H and O–H groups in total. The van der Waals surface area contributed by atoms with Gasteiger partial charge in [0, 0.05) is 31.4 Å². The van der Waals surface area contributed by atoms with Gasteiger partial charge in [0.2, 0.25) is 5.91 Å². The number of hydrogen-bond donors (Lipinski definition) is 2. The summed E-state index contributed by atoms with van der Waals surface area (Å²) in [4.78, 5) is 13.3. The molecule has 0 radical (unpaired) electrons. The van der Waals surface area contributed by atoms with E-state index in [-0.39, 0.29) is 0 Å². The highest BCUT2D eigenvalue weighted by atomic mass is 35.5. The second-order valence-electron chi connectivity index (χ2n) is 4.33. The Labute approximate surface area is 106 Å². The van der Waals surface area contributed by atoms with Crippen molar-refractivity contribution < 1.29 is 4.79 Å². The normalized spacial score (nSPS) is 20.4. The number of nitrogens with one attached hydrogen (secondary N) is 1. The summed E-state index contributed by atoms with van der Waals surface area (Å²) in [7, 11) is 0. The quantitative estimate of drug-likeness (QED) is 0.834. The van der Waals surface area contributed by atoms with Crippen molar-refractivity contribution >= 4 is 23.2 Å². The van der Waals surface area contributed by atoms with Crippen LogP contribution >= 0.6 is 11.6 Å². The highest BCUT2D eigenvalue weighted by Gasteiger charge is 2.17. The van der Waals surface area contributed by atoms with Crippen molar-refractivity contribution in [3.05, 3.63) is 28.8 Å². The molecule has 1 aliphatic rings. The van der Waals surface area contributed by atoms with E-state index in [0.717, 1.165) is 25.3 Å². The molecule has 0 spiro atoms. The molecule has 1 saturated heterocycles. The molecule has 0 bridgehead atoms. The number of hydrogen-bond acceptors (Lipinski definition) is 3. The summed E-state index contributed by atoms with van der Waals surface area (Å²) >= 11 is 6.04. The molecule has 1 atom stereocenters. The van der Waals surface area contributed by atoms with E-state index in [1.165, 1.54) is 0 Å². The van der Waals surface area contributed by atoms with Crippen LogP contribution in [0.25, 0.3) is 0 Å². The van der Waals surface area contributed by atoms with Gasteiger partial charge < -0.3 is 16.0 Å². The minimum absolute atomic E-state index is 0.374. The molecule has 92 valence electrons. The van der Waals surface area contributed by atoms with Gasteiger partial charge in [-0.1, -0.05) is 11.6 Å². The number of carbonyl (C=O) groups is 1. The molecule has 2 rings (SSSR count). The summed E-state index contributed by atoms with van der Waals surface area (Å²) in [5, 5.41) is 3.79. The van der Waals surface area contributed by atoms with Crippen LogP contribution in [-0.2, 0) is 0 Å². The Bertz CT molecular complexity index is 436. The van der Waals surface area contributed by atoms with E-state index in [1.807, 2.05) is 6.07 Å². The van der Waals surface area contributed by atoms with Crippen molar-refractivity contribution in [2.45, 2.75) is 13.0 Å². The number of amides is 1. The lowest BCUT2D eigenvalue weighted by Crippen LogP contribution is -2.49. The maximum atomic E-state index is 11.1. The second-order valence-corrected chi connectivity index (χ2v) is 4.74. The highest BCUT2D eigenvalue weighted by molar-refractivity contribution is 6.34. The van der Waals surface area contributed by atoms with Gasteiger partial charge in [-0.25, -0.2) is 0 Å². The molecule has 1 amide bonds. The summed E-state index contributed by atoms with van der Waals surface area (Å²) in [6, 6.07) is 5.84. The third-order valence-corrected chi connectivity index (χ3v) is 3.26. The van der Waals surface area contributed by atoms with Gasteiger partial charge >= 0.3 is 0 Å². The van der Waals surface area contributed by atoms with E-state index in [9.17, 15) is 4.79 Å². The van der Waals surface area contributed by atoms with Crippen LogP contribution in [0.4, 0.5) is 5.69 Å². The maximum Gasteiger partial charge on any atom is 0.250 e. The van der Waals surface area contributed by atoms with E-state index < -0.39 is 5.91 Å². The predicted molar refractivity (Wildman–Crippen MR) is 69.6 cm³/mol. The maximum absolute atomic E-state index is 11.1. The van der Waals surface area contributed by atoms with Crippen molar-refractivity contribution in [1.82, 2.24) is 5.32 Å². The number of anilines is 1. The zero-order valence-corrected chi connectivity index (χ0v) is 10.5. The third kappa shape index (κ3) is 2.70. The monoisotopic (exact) mass is 253 g/mol. The van der Waals surface area contributed by atoms with Crippen molar-refractivity contribution in [3.63, 3.8) is 0 Å². The lowest BCUT2D eigenvalue weighted by molar-refractivity contribution is 0.100. The van der Waals surface area contributed by atoms with Crippen molar-refractivity contribution in [2.24, 2.45) is 5.73 Å². The lowest BCUT2D eigenvalue weighted by Gasteiger charge is -2.33. The number of benzene rings is 1. The number of halogens is 1. The van der Waals surface area contributed by atoms with Gasteiger partial charge in [-0.05, 0) is 25.1 Å². The average molecular weight is 254 g/mol. The van der Waals surface area contributed by atoms with Crippen LogP contribution in [0.5, 0.6) is 0 Å². The number of piperazine rings is 1. The van der Waals surface area contributed by atoms with Crippen LogP contribution in [0.15, 0.2) is 18.2 Å². The van der Waals surface area contributed by atoms with E-state index in [1.54, 1.807) is 12.1 Å². The number of nitrogens with two attached hydrogens (primary N) is 1. The van der Waals surface area contributed by atoms with Crippen molar-refractivity contribution in [3.8, 4) is 0 Å². The van der Waals surface area contributed by atoms with Crippen LogP contribution in [0, 0.1) is 0 Å².